The molecule has 0 aromatic heterocycles. The van der Waals surface area contributed by atoms with Crippen LogP contribution in [0.15, 0.2) is 12.1 Å². The quantitative estimate of drug-likeness (QED) is 0.632. The largest absolute Gasteiger partial charge is 0.462 e. The molecule has 0 spiro atoms. The smallest absolute Gasteiger partial charge is 0.417 e. The molecule has 0 saturated heterocycles. The second kappa shape index (κ2) is 6.39. The monoisotopic (exact) mass is 309 g/mol. The third-order valence-electron chi connectivity index (χ3n) is 2.26. The van der Waals surface area contributed by atoms with E-state index >= 15 is 0 Å². The summed E-state index contributed by atoms with van der Waals surface area (Å²) in [7, 11) is 0. The van der Waals surface area contributed by atoms with E-state index in [1.165, 1.54) is 13.0 Å². The fraction of sp³-hybridized carbons (Fsp3) is 0.333. The minimum absolute atomic E-state index is 0.207. The van der Waals surface area contributed by atoms with Gasteiger partial charge in [-0.15, -0.1) is 0 Å². The molecule has 0 heterocycles. The molecule has 1 aromatic rings. The van der Waals surface area contributed by atoms with Crippen LogP contribution in [0.1, 0.15) is 28.4 Å². The van der Waals surface area contributed by atoms with E-state index < -0.39 is 41.2 Å². The van der Waals surface area contributed by atoms with E-state index in [-0.39, 0.29) is 12.7 Å². The lowest BCUT2D eigenvalue weighted by Gasteiger charge is -2.15. The van der Waals surface area contributed by atoms with Crippen molar-refractivity contribution in [1.29, 1.82) is 5.26 Å². The molecule has 0 aliphatic rings. The third kappa shape index (κ3) is 4.05. The van der Waals surface area contributed by atoms with Crippen LogP contribution in [0.5, 0.6) is 5.75 Å². The van der Waals surface area contributed by atoms with E-state index in [4.69, 9.17) is 5.26 Å². The highest BCUT2D eigenvalue weighted by molar-refractivity contribution is 5.92. The molecule has 0 amide bonds. The van der Waals surface area contributed by atoms with Crippen molar-refractivity contribution in [2.24, 2.45) is 0 Å². The molecule has 1 aromatic carbocycles. The Labute approximate surface area is 115 Å². The van der Waals surface area contributed by atoms with Gasteiger partial charge in [0.1, 0.15) is 11.8 Å². The molecule has 0 radical (unpaired) electrons. The maximum absolute atomic E-state index is 12.9. The van der Waals surface area contributed by atoms with Crippen molar-refractivity contribution in [2.75, 3.05) is 6.61 Å². The van der Waals surface area contributed by atoms with Crippen molar-refractivity contribution in [3.8, 4) is 11.8 Å². The first kappa shape index (κ1) is 16.7. The Hall–Kier alpha value is -2.37. The molecular weight excluding hydrogens is 301 g/mol. The average molecular weight is 309 g/mol. The van der Waals surface area contributed by atoms with Crippen molar-refractivity contribution < 1.29 is 36.2 Å². The fourth-order valence-electron chi connectivity index (χ4n) is 1.47. The first-order valence-electron chi connectivity index (χ1n) is 5.48. The molecule has 0 bridgehead atoms. The number of hydrogen-bond acceptors (Lipinski definition) is 4. The summed E-state index contributed by atoms with van der Waals surface area (Å²) in [6.07, 6.45) is -4.96. The highest BCUT2D eigenvalue weighted by Crippen LogP contribution is 2.36. The van der Waals surface area contributed by atoms with E-state index in [1.54, 1.807) is 0 Å². The molecule has 0 unspecified atom stereocenters. The van der Waals surface area contributed by atoms with Gasteiger partial charge in [-0.1, -0.05) is 0 Å². The number of ether oxygens (including phenoxy) is 2. The second-order valence-electron chi connectivity index (χ2n) is 3.60. The first-order valence-corrected chi connectivity index (χ1v) is 5.48. The highest BCUT2D eigenvalue weighted by Gasteiger charge is 2.37. The Morgan fingerprint density at radius 3 is 2.43 bits per heavy atom. The molecule has 0 atom stereocenters. The van der Waals surface area contributed by atoms with Crippen molar-refractivity contribution in [1.82, 2.24) is 0 Å². The molecule has 0 aliphatic carbocycles. The van der Waals surface area contributed by atoms with Gasteiger partial charge in [0.2, 0.25) is 0 Å². The van der Waals surface area contributed by atoms with Crippen LogP contribution in [-0.4, -0.2) is 19.2 Å². The Bertz CT molecular complexity index is 577. The molecule has 4 nitrogen and oxygen atoms in total. The van der Waals surface area contributed by atoms with E-state index in [0.29, 0.717) is 6.07 Å². The zero-order valence-electron chi connectivity index (χ0n) is 10.5. The van der Waals surface area contributed by atoms with Gasteiger partial charge in [-0.2, -0.15) is 27.2 Å². The number of hydrogen-bond donors (Lipinski definition) is 0. The van der Waals surface area contributed by atoms with Crippen LogP contribution < -0.4 is 4.74 Å². The maximum atomic E-state index is 12.9. The van der Waals surface area contributed by atoms with Gasteiger partial charge in [0.05, 0.1) is 23.3 Å². The van der Waals surface area contributed by atoms with Gasteiger partial charge < -0.3 is 9.47 Å². The number of benzene rings is 1. The molecule has 9 heteroatoms. The van der Waals surface area contributed by atoms with Gasteiger partial charge in [0, 0.05) is 0 Å². The van der Waals surface area contributed by atoms with Gasteiger partial charge in [0.15, 0.2) is 0 Å². The topological polar surface area (TPSA) is 59.3 Å². The number of rotatable bonds is 4. The number of esters is 1. The van der Waals surface area contributed by atoms with Gasteiger partial charge in [-0.3, -0.25) is 0 Å². The van der Waals surface area contributed by atoms with Crippen molar-refractivity contribution in [3.63, 3.8) is 0 Å². The van der Waals surface area contributed by atoms with Crippen molar-refractivity contribution in [3.05, 3.63) is 28.8 Å². The predicted octanol–water partition coefficient (Wildman–Crippen LogP) is 3.36. The first-order chi connectivity index (χ1) is 9.70. The van der Waals surface area contributed by atoms with Crippen LogP contribution in [0, 0.1) is 11.3 Å². The third-order valence-corrected chi connectivity index (χ3v) is 2.26. The summed E-state index contributed by atoms with van der Waals surface area (Å²) in [4.78, 5) is 11.5. The van der Waals surface area contributed by atoms with Crippen molar-refractivity contribution >= 4 is 5.97 Å². The normalized spacial score (nSPS) is 11.1. The van der Waals surface area contributed by atoms with Gasteiger partial charge in [0.25, 0.3) is 0 Å². The van der Waals surface area contributed by atoms with Crippen LogP contribution in [0.3, 0.4) is 0 Å². The summed E-state index contributed by atoms with van der Waals surface area (Å²) in [5, 5.41) is 8.70. The number of carbonyl (C=O) groups excluding carboxylic acids is 1. The van der Waals surface area contributed by atoms with Gasteiger partial charge in [-0.25, -0.2) is 4.79 Å². The molecule has 0 N–H and O–H groups in total. The summed E-state index contributed by atoms with van der Waals surface area (Å²) < 4.78 is 71.3. The molecule has 21 heavy (non-hydrogen) atoms. The Kier molecular flexibility index (Phi) is 5.07. The summed E-state index contributed by atoms with van der Waals surface area (Å²) in [6.45, 7) is -2.20. The molecular formula is C12H8F5NO3. The molecule has 0 aliphatic heterocycles. The summed E-state index contributed by atoms with van der Waals surface area (Å²) in [6, 6.07) is 1.99. The Morgan fingerprint density at radius 2 is 2.00 bits per heavy atom. The van der Waals surface area contributed by atoms with Crippen LogP contribution in [0.4, 0.5) is 22.0 Å². The second-order valence-corrected chi connectivity index (χ2v) is 3.60. The van der Waals surface area contributed by atoms with Gasteiger partial charge in [-0.05, 0) is 19.1 Å². The zero-order valence-corrected chi connectivity index (χ0v) is 10.5. The number of carbonyl (C=O) groups is 1. The minimum atomic E-state index is -4.96. The molecule has 114 valence electrons. The fourth-order valence-corrected chi connectivity index (χ4v) is 1.47. The zero-order chi connectivity index (χ0) is 16.2. The summed E-state index contributed by atoms with van der Waals surface area (Å²) in [5.74, 6) is -2.18. The standard InChI is InChI=1S/C12H8F5NO3/c1-2-20-10(19)7-4-9(21-11(13)14)6(5-18)3-8(7)12(15,16)17/h3-4,11H,2H2,1H3. The van der Waals surface area contributed by atoms with Gasteiger partial charge >= 0.3 is 18.8 Å². The summed E-state index contributed by atoms with van der Waals surface area (Å²) >= 11 is 0. The van der Waals surface area contributed by atoms with Crippen molar-refractivity contribution in [2.45, 2.75) is 19.7 Å². The van der Waals surface area contributed by atoms with E-state index in [0.717, 1.165) is 0 Å². The predicted molar refractivity (Wildman–Crippen MR) is 58.7 cm³/mol. The number of nitriles is 1. The Balaban J connectivity index is 3.50. The SMILES string of the molecule is CCOC(=O)c1cc(OC(F)F)c(C#N)cc1C(F)(F)F. The van der Waals surface area contributed by atoms with Crippen LogP contribution in [0.25, 0.3) is 0 Å². The lowest BCUT2D eigenvalue weighted by molar-refractivity contribution is -0.138. The number of alkyl halides is 5. The van der Waals surface area contributed by atoms with E-state index in [9.17, 15) is 26.7 Å². The summed E-state index contributed by atoms with van der Waals surface area (Å²) in [5.41, 5.74) is -3.23. The van der Waals surface area contributed by atoms with Crippen LogP contribution >= 0.6 is 0 Å². The number of halogens is 5. The number of nitrogens with zero attached hydrogens (tertiary/aromatic N) is 1. The molecule has 0 saturated carbocycles. The molecule has 1 rings (SSSR count). The lowest BCUT2D eigenvalue weighted by Crippen LogP contribution is -2.17. The maximum Gasteiger partial charge on any atom is 0.417 e. The Morgan fingerprint density at radius 1 is 1.38 bits per heavy atom. The van der Waals surface area contributed by atoms with E-state index in [1.807, 2.05) is 0 Å². The average Bonchev–Trinajstić information content (AvgIpc) is 2.36. The highest BCUT2D eigenvalue weighted by atomic mass is 19.4. The van der Waals surface area contributed by atoms with Crippen LogP contribution in [0.2, 0.25) is 0 Å². The minimum Gasteiger partial charge on any atom is -0.462 e. The van der Waals surface area contributed by atoms with E-state index in [2.05, 4.69) is 9.47 Å². The van der Waals surface area contributed by atoms with Crippen LogP contribution in [-0.2, 0) is 10.9 Å². The molecule has 0 fully saturated rings. The lowest BCUT2D eigenvalue weighted by atomic mass is 10.0.